The molecule has 1 aromatic rings. The van der Waals surface area contributed by atoms with E-state index in [0.29, 0.717) is 0 Å². The highest BCUT2D eigenvalue weighted by Crippen LogP contribution is 2.26. The number of hydrogen-bond donors (Lipinski definition) is 0. The molecular formula is C16H24N2. The van der Waals surface area contributed by atoms with E-state index in [1.807, 2.05) is 0 Å². The molecule has 0 radical (unpaired) electrons. The lowest BCUT2D eigenvalue weighted by Crippen LogP contribution is -2.50. The minimum Gasteiger partial charge on any atom is -0.369 e. The monoisotopic (exact) mass is 244 g/mol. The van der Waals surface area contributed by atoms with E-state index in [9.17, 15) is 0 Å². The molecule has 0 spiro atoms. The fraction of sp³-hybridized carbons (Fsp3) is 0.625. The Morgan fingerprint density at radius 1 is 1.22 bits per heavy atom. The SMILES string of the molecule is CCc1ccc(N2CCN3CCCC3C2)cc1C. The zero-order chi connectivity index (χ0) is 12.5. The van der Waals surface area contributed by atoms with E-state index in [0.717, 1.165) is 12.5 Å². The Labute approximate surface area is 111 Å². The Morgan fingerprint density at radius 3 is 2.89 bits per heavy atom. The number of anilines is 1. The highest BCUT2D eigenvalue weighted by Gasteiger charge is 2.30. The third-order valence-electron chi connectivity index (χ3n) is 4.66. The van der Waals surface area contributed by atoms with Crippen molar-refractivity contribution in [2.75, 3.05) is 31.1 Å². The van der Waals surface area contributed by atoms with Crippen LogP contribution in [0.25, 0.3) is 0 Å². The summed E-state index contributed by atoms with van der Waals surface area (Å²) in [6.07, 6.45) is 3.93. The average Bonchev–Trinajstić information content (AvgIpc) is 2.85. The summed E-state index contributed by atoms with van der Waals surface area (Å²) >= 11 is 0. The van der Waals surface area contributed by atoms with Gasteiger partial charge in [-0.2, -0.15) is 0 Å². The molecule has 2 saturated heterocycles. The topological polar surface area (TPSA) is 6.48 Å². The minimum atomic E-state index is 0.810. The summed E-state index contributed by atoms with van der Waals surface area (Å²) in [6, 6.07) is 7.82. The maximum absolute atomic E-state index is 2.67. The van der Waals surface area contributed by atoms with E-state index in [-0.39, 0.29) is 0 Å². The van der Waals surface area contributed by atoms with Gasteiger partial charge >= 0.3 is 0 Å². The molecule has 1 unspecified atom stereocenters. The van der Waals surface area contributed by atoms with Gasteiger partial charge in [0.05, 0.1) is 0 Å². The molecule has 2 heterocycles. The molecule has 2 aliphatic rings. The number of benzene rings is 1. The maximum atomic E-state index is 2.67. The number of rotatable bonds is 2. The third-order valence-corrected chi connectivity index (χ3v) is 4.66. The van der Waals surface area contributed by atoms with Gasteiger partial charge in [-0.15, -0.1) is 0 Å². The minimum absolute atomic E-state index is 0.810. The van der Waals surface area contributed by atoms with Crippen molar-refractivity contribution >= 4 is 5.69 Å². The number of piperazine rings is 1. The molecule has 1 aromatic carbocycles. The van der Waals surface area contributed by atoms with Crippen molar-refractivity contribution in [1.82, 2.24) is 4.90 Å². The van der Waals surface area contributed by atoms with Crippen molar-refractivity contribution in [2.24, 2.45) is 0 Å². The summed E-state index contributed by atoms with van der Waals surface area (Å²) in [5, 5.41) is 0. The molecular weight excluding hydrogens is 220 g/mol. The smallest absolute Gasteiger partial charge is 0.0370 e. The van der Waals surface area contributed by atoms with Gasteiger partial charge in [0, 0.05) is 31.4 Å². The standard InChI is InChI=1S/C16H24N2/c1-3-14-6-7-15(11-13(14)2)18-10-9-17-8-4-5-16(17)12-18/h6-7,11,16H,3-5,8-10,12H2,1-2H3. The lowest BCUT2D eigenvalue weighted by atomic mass is 10.0. The van der Waals surface area contributed by atoms with Gasteiger partial charge in [-0.3, -0.25) is 4.90 Å². The van der Waals surface area contributed by atoms with Crippen LogP contribution in [-0.2, 0) is 6.42 Å². The second kappa shape index (κ2) is 4.93. The van der Waals surface area contributed by atoms with Crippen LogP contribution in [0.4, 0.5) is 5.69 Å². The van der Waals surface area contributed by atoms with Crippen molar-refractivity contribution in [3.63, 3.8) is 0 Å². The second-order valence-electron chi connectivity index (χ2n) is 5.74. The molecule has 1 atom stereocenters. The van der Waals surface area contributed by atoms with Gasteiger partial charge in [0.2, 0.25) is 0 Å². The molecule has 18 heavy (non-hydrogen) atoms. The average molecular weight is 244 g/mol. The summed E-state index contributed by atoms with van der Waals surface area (Å²) in [5.41, 5.74) is 4.36. The number of hydrogen-bond acceptors (Lipinski definition) is 2. The van der Waals surface area contributed by atoms with Crippen molar-refractivity contribution in [2.45, 2.75) is 39.2 Å². The summed E-state index contributed by atoms with van der Waals surface area (Å²) < 4.78 is 0. The Morgan fingerprint density at radius 2 is 2.11 bits per heavy atom. The first-order valence-corrected chi connectivity index (χ1v) is 7.36. The van der Waals surface area contributed by atoms with Gasteiger partial charge < -0.3 is 4.90 Å². The molecule has 2 aliphatic heterocycles. The van der Waals surface area contributed by atoms with E-state index in [1.165, 1.54) is 55.8 Å². The second-order valence-corrected chi connectivity index (χ2v) is 5.74. The van der Waals surface area contributed by atoms with Crippen LogP contribution in [0, 0.1) is 6.92 Å². The van der Waals surface area contributed by atoms with Gasteiger partial charge in [-0.05, 0) is 56.0 Å². The molecule has 98 valence electrons. The highest BCUT2D eigenvalue weighted by molar-refractivity contribution is 5.51. The largest absolute Gasteiger partial charge is 0.369 e. The summed E-state index contributed by atoms with van der Waals surface area (Å²) in [5.74, 6) is 0. The fourth-order valence-electron chi connectivity index (χ4n) is 3.50. The fourth-order valence-corrected chi connectivity index (χ4v) is 3.50. The molecule has 0 saturated carbocycles. The maximum Gasteiger partial charge on any atom is 0.0370 e. The summed E-state index contributed by atoms with van der Waals surface area (Å²) in [7, 11) is 0. The quantitative estimate of drug-likeness (QED) is 0.789. The molecule has 2 fully saturated rings. The van der Waals surface area contributed by atoms with Crippen LogP contribution in [0.5, 0.6) is 0 Å². The lowest BCUT2D eigenvalue weighted by Gasteiger charge is -2.39. The Kier molecular flexibility index (Phi) is 3.29. The molecule has 0 aromatic heterocycles. The van der Waals surface area contributed by atoms with Gasteiger partial charge in [-0.25, -0.2) is 0 Å². The highest BCUT2D eigenvalue weighted by atomic mass is 15.3. The van der Waals surface area contributed by atoms with Crippen molar-refractivity contribution in [3.05, 3.63) is 29.3 Å². The molecule has 2 nitrogen and oxygen atoms in total. The van der Waals surface area contributed by atoms with E-state index >= 15 is 0 Å². The van der Waals surface area contributed by atoms with Crippen LogP contribution in [0.1, 0.15) is 30.9 Å². The van der Waals surface area contributed by atoms with Gasteiger partial charge in [-0.1, -0.05) is 13.0 Å². The zero-order valence-electron chi connectivity index (χ0n) is 11.7. The van der Waals surface area contributed by atoms with E-state index in [2.05, 4.69) is 41.8 Å². The number of nitrogens with zero attached hydrogens (tertiary/aromatic N) is 2. The lowest BCUT2D eigenvalue weighted by molar-refractivity contribution is 0.231. The number of fused-ring (bicyclic) bond motifs is 1. The van der Waals surface area contributed by atoms with Gasteiger partial charge in [0.25, 0.3) is 0 Å². The van der Waals surface area contributed by atoms with Crippen LogP contribution in [0.15, 0.2) is 18.2 Å². The molecule has 0 bridgehead atoms. The molecule has 3 rings (SSSR count). The molecule has 2 heteroatoms. The molecule has 0 amide bonds. The Hall–Kier alpha value is -1.02. The first-order valence-electron chi connectivity index (χ1n) is 7.36. The van der Waals surface area contributed by atoms with Crippen LogP contribution in [0.3, 0.4) is 0 Å². The predicted molar refractivity (Wildman–Crippen MR) is 77.4 cm³/mol. The molecule has 0 aliphatic carbocycles. The van der Waals surface area contributed by atoms with Gasteiger partial charge in [0.1, 0.15) is 0 Å². The summed E-state index contributed by atoms with van der Waals surface area (Å²) in [6.45, 7) is 9.48. The predicted octanol–water partition coefficient (Wildman–Crippen LogP) is 2.84. The Bertz CT molecular complexity index is 427. The first kappa shape index (κ1) is 12.0. The van der Waals surface area contributed by atoms with E-state index in [1.54, 1.807) is 0 Å². The number of aryl methyl sites for hydroxylation is 2. The van der Waals surface area contributed by atoms with Crippen molar-refractivity contribution < 1.29 is 0 Å². The summed E-state index contributed by atoms with van der Waals surface area (Å²) in [4.78, 5) is 5.25. The Balaban J connectivity index is 1.76. The van der Waals surface area contributed by atoms with E-state index < -0.39 is 0 Å². The van der Waals surface area contributed by atoms with Crippen molar-refractivity contribution in [1.29, 1.82) is 0 Å². The van der Waals surface area contributed by atoms with Crippen LogP contribution in [0.2, 0.25) is 0 Å². The molecule has 0 N–H and O–H groups in total. The first-order chi connectivity index (χ1) is 8.78. The van der Waals surface area contributed by atoms with E-state index in [4.69, 9.17) is 0 Å². The van der Waals surface area contributed by atoms with Crippen LogP contribution >= 0.6 is 0 Å². The van der Waals surface area contributed by atoms with Crippen LogP contribution in [-0.4, -0.2) is 37.1 Å². The normalized spacial score (nSPS) is 24.3. The van der Waals surface area contributed by atoms with Gasteiger partial charge in [0.15, 0.2) is 0 Å². The zero-order valence-corrected chi connectivity index (χ0v) is 11.7. The van der Waals surface area contributed by atoms with Crippen molar-refractivity contribution in [3.8, 4) is 0 Å². The third kappa shape index (κ3) is 2.14. The van der Waals surface area contributed by atoms with Crippen LogP contribution < -0.4 is 4.90 Å².